The summed E-state index contributed by atoms with van der Waals surface area (Å²) < 4.78 is 0. The zero-order chi connectivity index (χ0) is 5.98. The molecule has 8 heavy (non-hydrogen) atoms. The highest BCUT2D eigenvalue weighted by Gasteiger charge is 2.09. The van der Waals surface area contributed by atoms with Gasteiger partial charge in [-0.25, -0.2) is 0 Å². The highest BCUT2D eigenvalue weighted by Crippen LogP contribution is 2.27. The molecular weight excluding hydrogens is 98.1 g/mol. The summed E-state index contributed by atoms with van der Waals surface area (Å²) in [5, 5.41) is 0. The largest absolute Gasteiger partial charge is 0.358 e. The minimum Gasteiger partial charge on any atom is -0.358 e. The van der Waals surface area contributed by atoms with Gasteiger partial charge in [-0.05, 0) is 19.0 Å². The average molecular weight is 109 g/mol. The Bertz CT molecular complexity index is 118. The minimum atomic E-state index is 1.29. The minimum absolute atomic E-state index is 1.29. The van der Waals surface area contributed by atoms with Gasteiger partial charge in [0.25, 0.3) is 0 Å². The van der Waals surface area contributed by atoms with Gasteiger partial charge in [0.2, 0.25) is 0 Å². The summed E-state index contributed by atoms with van der Waals surface area (Å²) in [6.07, 6.45) is 6.52. The van der Waals surface area contributed by atoms with Crippen molar-refractivity contribution < 1.29 is 0 Å². The SMILES string of the molecule is C=CN(C)C=C1CC1. The van der Waals surface area contributed by atoms with Crippen molar-refractivity contribution in [3.8, 4) is 0 Å². The lowest BCUT2D eigenvalue weighted by molar-refractivity contribution is 0.626. The monoisotopic (exact) mass is 109 g/mol. The van der Waals surface area contributed by atoms with Gasteiger partial charge in [-0.2, -0.15) is 0 Å². The van der Waals surface area contributed by atoms with E-state index >= 15 is 0 Å². The Labute approximate surface area is 50.3 Å². The van der Waals surface area contributed by atoms with Crippen molar-refractivity contribution in [1.29, 1.82) is 0 Å². The van der Waals surface area contributed by atoms with E-state index in [1.54, 1.807) is 0 Å². The first-order valence-corrected chi connectivity index (χ1v) is 2.87. The van der Waals surface area contributed by atoms with Gasteiger partial charge in [-0.1, -0.05) is 12.2 Å². The molecule has 0 N–H and O–H groups in total. The van der Waals surface area contributed by atoms with E-state index in [0.29, 0.717) is 0 Å². The van der Waals surface area contributed by atoms with Crippen LogP contribution in [0.25, 0.3) is 0 Å². The zero-order valence-electron chi connectivity index (χ0n) is 5.22. The summed E-state index contributed by atoms with van der Waals surface area (Å²) in [6, 6.07) is 0. The Balaban J connectivity index is 2.35. The molecular formula is C7H11N. The number of rotatable bonds is 2. The Morgan fingerprint density at radius 3 is 2.62 bits per heavy atom. The highest BCUT2D eigenvalue weighted by molar-refractivity contribution is 5.15. The Hall–Kier alpha value is -0.720. The van der Waals surface area contributed by atoms with Crippen LogP contribution in [0.15, 0.2) is 24.6 Å². The third-order valence-corrected chi connectivity index (χ3v) is 1.21. The fraction of sp³-hybridized carbons (Fsp3) is 0.429. The first-order valence-electron chi connectivity index (χ1n) is 2.87. The molecule has 0 atom stereocenters. The summed E-state index contributed by atoms with van der Waals surface area (Å²) in [5.74, 6) is 0. The number of hydrogen-bond acceptors (Lipinski definition) is 1. The number of allylic oxidation sites excluding steroid dienone is 1. The summed E-state index contributed by atoms with van der Waals surface area (Å²) in [7, 11) is 2.00. The fourth-order valence-corrected chi connectivity index (χ4v) is 0.542. The molecule has 1 fully saturated rings. The third kappa shape index (κ3) is 1.41. The first kappa shape index (κ1) is 5.42. The third-order valence-electron chi connectivity index (χ3n) is 1.21. The fourth-order valence-electron chi connectivity index (χ4n) is 0.542. The van der Waals surface area contributed by atoms with Crippen molar-refractivity contribution in [2.24, 2.45) is 0 Å². The summed E-state index contributed by atoms with van der Waals surface area (Å²) in [5.41, 5.74) is 1.53. The van der Waals surface area contributed by atoms with Gasteiger partial charge in [0.1, 0.15) is 0 Å². The van der Waals surface area contributed by atoms with Crippen molar-refractivity contribution in [1.82, 2.24) is 4.90 Å². The molecule has 1 nitrogen and oxygen atoms in total. The molecule has 0 aromatic carbocycles. The van der Waals surface area contributed by atoms with Crippen LogP contribution in [0, 0.1) is 0 Å². The molecule has 1 rings (SSSR count). The zero-order valence-corrected chi connectivity index (χ0v) is 5.22. The molecule has 0 radical (unpaired) electrons. The van der Waals surface area contributed by atoms with Crippen molar-refractivity contribution in [3.63, 3.8) is 0 Å². The van der Waals surface area contributed by atoms with Crippen molar-refractivity contribution >= 4 is 0 Å². The van der Waals surface area contributed by atoms with Gasteiger partial charge in [0, 0.05) is 13.2 Å². The predicted molar refractivity (Wildman–Crippen MR) is 35.3 cm³/mol. The van der Waals surface area contributed by atoms with Crippen LogP contribution in [0.1, 0.15) is 12.8 Å². The second-order valence-electron chi connectivity index (χ2n) is 2.14. The molecule has 1 aliphatic carbocycles. The van der Waals surface area contributed by atoms with Crippen LogP contribution in [0.3, 0.4) is 0 Å². The van der Waals surface area contributed by atoms with E-state index in [0.717, 1.165) is 0 Å². The molecule has 0 aromatic heterocycles. The van der Waals surface area contributed by atoms with Gasteiger partial charge >= 0.3 is 0 Å². The summed E-state index contributed by atoms with van der Waals surface area (Å²) in [6.45, 7) is 3.62. The Kier molecular flexibility index (Phi) is 1.38. The summed E-state index contributed by atoms with van der Waals surface area (Å²) >= 11 is 0. The first-order chi connectivity index (χ1) is 3.83. The maximum absolute atomic E-state index is 3.62. The van der Waals surface area contributed by atoms with E-state index in [-0.39, 0.29) is 0 Å². The van der Waals surface area contributed by atoms with Crippen LogP contribution in [-0.4, -0.2) is 11.9 Å². The molecule has 0 aromatic rings. The Morgan fingerprint density at radius 1 is 1.62 bits per heavy atom. The standard InChI is InChI=1S/C7H11N/c1-3-8(2)6-7-4-5-7/h3,6H,1,4-5H2,2H3. The molecule has 1 saturated carbocycles. The summed E-state index contributed by atoms with van der Waals surface area (Å²) in [4.78, 5) is 1.99. The molecule has 0 amide bonds. The molecule has 1 heteroatoms. The van der Waals surface area contributed by atoms with Crippen LogP contribution in [0.2, 0.25) is 0 Å². The van der Waals surface area contributed by atoms with E-state index in [2.05, 4.69) is 12.8 Å². The smallest absolute Gasteiger partial charge is 0.0106 e. The number of hydrogen-bond donors (Lipinski definition) is 0. The lowest BCUT2D eigenvalue weighted by Crippen LogP contribution is -1.97. The van der Waals surface area contributed by atoms with Crippen LogP contribution < -0.4 is 0 Å². The topological polar surface area (TPSA) is 3.24 Å². The van der Waals surface area contributed by atoms with Gasteiger partial charge in [-0.3, -0.25) is 0 Å². The lowest BCUT2D eigenvalue weighted by Gasteiger charge is -2.02. The van der Waals surface area contributed by atoms with Crippen LogP contribution >= 0.6 is 0 Å². The van der Waals surface area contributed by atoms with Gasteiger partial charge in [-0.15, -0.1) is 0 Å². The maximum atomic E-state index is 3.62. The molecule has 0 aliphatic heterocycles. The molecule has 0 bridgehead atoms. The maximum Gasteiger partial charge on any atom is 0.0106 e. The van der Waals surface area contributed by atoms with E-state index in [1.807, 2.05) is 18.1 Å². The van der Waals surface area contributed by atoms with Crippen LogP contribution in [0.4, 0.5) is 0 Å². The van der Waals surface area contributed by atoms with E-state index in [4.69, 9.17) is 0 Å². The van der Waals surface area contributed by atoms with Crippen molar-refractivity contribution in [2.45, 2.75) is 12.8 Å². The highest BCUT2D eigenvalue weighted by atomic mass is 15.0. The van der Waals surface area contributed by atoms with Crippen molar-refractivity contribution in [2.75, 3.05) is 7.05 Å². The quantitative estimate of drug-likeness (QED) is 0.522. The predicted octanol–water partition coefficient (Wildman–Crippen LogP) is 1.74. The van der Waals surface area contributed by atoms with Crippen molar-refractivity contribution in [3.05, 3.63) is 24.6 Å². The Morgan fingerprint density at radius 2 is 2.25 bits per heavy atom. The molecule has 1 aliphatic rings. The normalized spacial score (nSPS) is 15.4. The van der Waals surface area contributed by atoms with E-state index in [9.17, 15) is 0 Å². The second kappa shape index (κ2) is 2.03. The molecule has 0 heterocycles. The van der Waals surface area contributed by atoms with Crippen LogP contribution in [0.5, 0.6) is 0 Å². The van der Waals surface area contributed by atoms with E-state index < -0.39 is 0 Å². The molecule has 0 unspecified atom stereocenters. The second-order valence-corrected chi connectivity index (χ2v) is 2.14. The van der Waals surface area contributed by atoms with Gasteiger partial charge in [0.05, 0.1) is 0 Å². The molecule has 0 spiro atoms. The molecule has 0 saturated heterocycles. The van der Waals surface area contributed by atoms with Crippen LogP contribution in [-0.2, 0) is 0 Å². The average Bonchev–Trinajstić information content (AvgIpc) is 2.50. The molecule has 44 valence electrons. The van der Waals surface area contributed by atoms with Gasteiger partial charge < -0.3 is 4.90 Å². The number of nitrogens with zero attached hydrogens (tertiary/aromatic N) is 1. The lowest BCUT2D eigenvalue weighted by atomic mass is 10.6. The van der Waals surface area contributed by atoms with E-state index in [1.165, 1.54) is 18.4 Å². The van der Waals surface area contributed by atoms with Gasteiger partial charge in [0.15, 0.2) is 0 Å².